The molecule has 1 aliphatic rings. The maximum absolute atomic E-state index is 12.7. The number of esters is 1. The number of unbranched alkanes of at least 4 members (excludes halogenated alkanes) is 1. The van der Waals surface area contributed by atoms with E-state index in [1.54, 1.807) is 18.2 Å². The van der Waals surface area contributed by atoms with Crippen LogP contribution in [0.3, 0.4) is 0 Å². The molecule has 0 spiro atoms. The fourth-order valence-electron chi connectivity index (χ4n) is 3.91. The van der Waals surface area contributed by atoms with Gasteiger partial charge < -0.3 is 19.5 Å². The first-order valence-corrected chi connectivity index (χ1v) is 11.3. The topological polar surface area (TPSA) is 97.7 Å². The molecule has 1 aliphatic carbocycles. The van der Waals surface area contributed by atoms with E-state index in [4.69, 9.17) is 14.2 Å². The minimum absolute atomic E-state index is 0.0345. The Morgan fingerprint density at radius 2 is 1.94 bits per heavy atom. The molecular weight excluding hydrogens is 408 g/mol. The zero-order valence-electron chi connectivity index (χ0n) is 19.3. The van der Waals surface area contributed by atoms with Gasteiger partial charge in [-0.2, -0.15) is 5.26 Å². The van der Waals surface area contributed by atoms with Crippen molar-refractivity contribution in [3.05, 3.63) is 29.3 Å². The molecule has 174 valence electrons. The molecule has 1 aromatic carbocycles. The van der Waals surface area contributed by atoms with Crippen molar-refractivity contribution in [2.75, 3.05) is 27.4 Å². The van der Waals surface area contributed by atoms with E-state index < -0.39 is 5.91 Å². The van der Waals surface area contributed by atoms with Crippen LogP contribution in [0.2, 0.25) is 0 Å². The number of amides is 1. The van der Waals surface area contributed by atoms with Crippen LogP contribution in [0.1, 0.15) is 57.4 Å². The quantitative estimate of drug-likeness (QED) is 0.181. The largest absolute Gasteiger partial charge is 0.493 e. The number of nitrogens with one attached hydrogen (secondary N) is 1. The van der Waals surface area contributed by atoms with Gasteiger partial charge in [0, 0.05) is 13.7 Å². The molecule has 1 N–H and O–H groups in total. The lowest BCUT2D eigenvalue weighted by Crippen LogP contribution is -2.27. The Balaban J connectivity index is 2.02. The van der Waals surface area contributed by atoms with Crippen LogP contribution in [0.25, 0.3) is 6.08 Å². The second-order valence-electron chi connectivity index (χ2n) is 8.11. The van der Waals surface area contributed by atoms with Gasteiger partial charge in [-0.1, -0.05) is 32.3 Å². The summed E-state index contributed by atoms with van der Waals surface area (Å²) in [7, 11) is 3.02. The van der Waals surface area contributed by atoms with Crippen molar-refractivity contribution in [3.8, 4) is 17.6 Å². The van der Waals surface area contributed by atoms with Crippen LogP contribution in [-0.4, -0.2) is 39.2 Å². The molecule has 0 heterocycles. The van der Waals surface area contributed by atoms with Crippen molar-refractivity contribution in [1.82, 2.24) is 5.32 Å². The maximum atomic E-state index is 12.7. The standard InChI is InChI=1S/C25H34N2O5/c1-4-5-6-18-7-10-20(11-8-18)25(29)32-22-12-9-19(16-23(22)31-3)15-21(17-26)24(28)27-13-14-30-2/h9,12,15-16,18,20H,4-8,10-11,13-14H2,1-3H3,(H,27,28)/b21-15+. The Hall–Kier alpha value is -2.85. The fraction of sp³-hybridized carbons (Fsp3) is 0.560. The van der Waals surface area contributed by atoms with E-state index in [0.29, 0.717) is 30.2 Å². The molecule has 0 radical (unpaired) electrons. The molecule has 1 aromatic rings. The van der Waals surface area contributed by atoms with Crippen molar-refractivity contribution in [2.45, 2.75) is 51.9 Å². The summed E-state index contributed by atoms with van der Waals surface area (Å²) in [5.74, 6) is 0.648. The van der Waals surface area contributed by atoms with Gasteiger partial charge in [0.15, 0.2) is 11.5 Å². The molecule has 0 saturated heterocycles. The van der Waals surface area contributed by atoms with Crippen LogP contribution in [0.4, 0.5) is 0 Å². The van der Waals surface area contributed by atoms with E-state index in [9.17, 15) is 14.9 Å². The summed E-state index contributed by atoms with van der Waals surface area (Å²) >= 11 is 0. The zero-order chi connectivity index (χ0) is 23.3. The van der Waals surface area contributed by atoms with Crippen molar-refractivity contribution >= 4 is 18.0 Å². The number of hydrogen-bond acceptors (Lipinski definition) is 6. The number of carbonyl (C=O) groups excluding carboxylic acids is 2. The molecule has 0 unspecified atom stereocenters. The molecular formula is C25H34N2O5. The number of nitrogens with zero attached hydrogens (tertiary/aromatic N) is 1. The SMILES string of the molecule is CCCCC1CCC(C(=O)Oc2ccc(/C=C(\C#N)C(=O)NCCOC)cc2OC)CC1. The molecule has 0 aromatic heterocycles. The number of hydrogen-bond donors (Lipinski definition) is 1. The summed E-state index contributed by atoms with van der Waals surface area (Å²) < 4.78 is 15.9. The summed E-state index contributed by atoms with van der Waals surface area (Å²) in [5.41, 5.74) is 0.559. The van der Waals surface area contributed by atoms with Crippen molar-refractivity contribution in [2.24, 2.45) is 11.8 Å². The molecule has 32 heavy (non-hydrogen) atoms. The van der Waals surface area contributed by atoms with Gasteiger partial charge in [-0.25, -0.2) is 0 Å². The molecule has 1 fully saturated rings. The molecule has 7 nitrogen and oxygen atoms in total. The van der Waals surface area contributed by atoms with E-state index >= 15 is 0 Å². The van der Waals surface area contributed by atoms with Gasteiger partial charge in [-0.15, -0.1) is 0 Å². The third kappa shape index (κ3) is 7.69. The van der Waals surface area contributed by atoms with Gasteiger partial charge in [0.05, 0.1) is 19.6 Å². The molecule has 0 bridgehead atoms. The van der Waals surface area contributed by atoms with Gasteiger partial charge in [0.1, 0.15) is 11.6 Å². The highest BCUT2D eigenvalue weighted by Gasteiger charge is 2.28. The van der Waals surface area contributed by atoms with Crippen molar-refractivity contribution in [3.63, 3.8) is 0 Å². The summed E-state index contributed by atoms with van der Waals surface area (Å²) in [4.78, 5) is 24.8. The second kappa shape index (κ2) is 13.5. The number of carbonyl (C=O) groups is 2. The molecule has 1 amide bonds. The Morgan fingerprint density at radius 1 is 1.19 bits per heavy atom. The lowest BCUT2D eigenvalue weighted by Gasteiger charge is -2.27. The normalized spacial score (nSPS) is 18.5. The predicted molar refractivity (Wildman–Crippen MR) is 122 cm³/mol. The van der Waals surface area contributed by atoms with E-state index in [1.165, 1.54) is 39.6 Å². The Labute approximate surface area is 190 Å². The van der Waals surface area contributed by atoms with Crippen molar-refractivity contribution < 1.29 is 23.8 Å². The highest BCUT2D eigenvalue weighted by atomic mass is 16.6. The number of benzene rings is 1. The second-order valence-corrected chi connectivity index (χ2v) is 8.11. The molecule has 2 rings (SSSR count). The minimum Gasteiger partial charge on any atom is -0.493 e. The van der Waals surface area contributed by atoms with E-state index in [1.807, 2.05) is 6.07 Å². The van der Waals surface area contributed by atoms with Gasteiger partial charge in [0.2, 0.25) is 0 Å². The molecule has 1 saturated carbocycles. The highest BCUT2D eigenvalue weighted by Crippen LogP contribution is 2.35. The van der Waals surface area contributed by atoms with Crippen LogP contribution in [-0.2, 0) is 14.3 Å². The van der Waals surface area contributed by atoms with Crippen LogP contribution in [0, 0.1) is 23.2 Å². The first-order valence-electron chi connectivity index (χ1n) is 11.3. The third-order valence-electron chi connectivity index (χ3n) is 5.81. The lowest BCUT2D eigenvalue weighted by atomic mass is 9.80. The maximum Gasteiger partial charge on any atom is 0.314 e. The minimum atomic E-state index is -0.478. The fourth-order valence-corrected chi connectivity index (χ4v) is 3.91. The average Bonchev–Trinajstić information content (AvgIpc) is 2.82. The zero-order valence-corrected chi connectivity index (χ0v) is 19.3. The first-order chi connectivity index (χ1) is 15.5. The van der Waals surface area contributed by atoms with E-state index in [2.05, 4.69) is 12.2 Å². The van der Waals surface area contributed by atoms with Crippen LogP contribution in [0.5, 0.6) is 11.5 Å². The summed E-state index contributed by atoms with van der Waals surface area (Å²) in [6.07, 6.45) is 9.04. The number of nitriles is 1. The van der Waals surface area contributed by atoms with Gasteiger partial charge in [-0.3, -0.25) is 9.59 Å². The van der Waals surface area contributed by atoms with Crippen LogP contribution in [0.15, 0.2) is 23.8 Å². The highest BCUT2D eigenvalue weighted by molar-refractivity contribution is 6.01. The third-order valence-corrected chi connectivity index (χ3v) is 5.81. The van der Waals surface area contributed by atoms with Crippen molar-refractivity contribution in [1.29, 1.82) is 5.26 Å². The van der Waals surface area contributed by atoms with Crippen LogP contribution < -0.4 is 14.8 Å². The lowest BCUT2D eigenvalue weighted by molar-refractivity contribution is -0.140. The number of ether oxygens (including phenoxy) is 3. The van der Waals surface area contributed by atoms with Crippen LogP contribution >= 0.6 is 0 Å². The summed E-state index contributed by atoms with van der Waals surface area (Å²) in [6, 6.07) is 6.86. The average molecular weight is 443 g/mol. The molecule has 7 heteroatoms. The van der Waals surface area contributed by atoms with Gasteiger partial charge in [-0.05, 0) is 55.4 Å². The predicted octanol–water partition coefficient (Wildman–Crippen LogP) is 4.27. The first kappa shape index (κ1) is 25.4. The monoisotopic (exact) mass is 442 g/mol. The summed E-state index contributed by atoms with van der Waals surface area (Å²) in [5, 5.41) is 11.9. The van der Waals surface area contributed by atoms with E-state index in [-0.39, 0.29) is 17.5 Å². The van der Waals surface area contributed by atoms with Gasteiger partial charge >= 0.3 is 5.97 Å². The smallest absolute Gasteiger partial charge is 0.314 e. The Kier molecular flexibility index (Phi) is 10.8. The van der Waals surface area contributed by atoms with Gasteiger partial charge in [0.25, 0.3) is 5.91 Å². The number of rotatable bonds is 11. The summed E-state index contributed by atoms with van der Waals surface area (Å²) in [6.45, 7) is 2.88. The molecule has 0 aliphatic heterocycles. The Morgan fingerprint density at radius 3 is 2.56 bits per heavy atom. The Bertz CT molecular complexity index is 835. The number of methoxy groups -OCH3 is 2. The van der Waals surface area contributed by atoms with E-state index in [0.717, 1.165) is 31.6 Å². The molecule has 0 atom stereocenters.